The highest BCUT2D eigenvalue weighted by atomic mass is 16.5. The van der Waals surface area contributed by atoms with Gasteiger partial charge in [-0.1, -0.05) is 0 Å². The summed E-state index contributed by atoms with van der Waals surface area (Å²) in [6, 6.07) is 4.20. The van der Waals surface area contributed by atoms with Gasteiger partial charge in [0, 0.05) is 11.6 Å². The van der Waals surface area contributed by atoms with Gasteiger partial charge in [-0.25, -0.2) is 10.2 Å². The second-order valence-electron chi connectivity index (χ2n) is 5.46. The topological polar surface area (TPSA) is 120 Å². The summed E-state index contributed by atoms with van der Waals surface area (Å²) >= 11 is 0. The molecule has 0 saturated heterocycles. The van der Waals surface area contributed by atoms with Crippen LogP contribution in [-0.4, -0.2) is 38.1 Å². The van der Waals surface area contributed by atoms with Gasteiger partial charge >= 0.3 is 5.63 Å². The molecule has 1 amide bonds. The SMILES string of the molecule is COc1cc(C(=O)NN=C(C)c2c(O)cc(C)oc2=O)cc(OC)c1OC. The lowest BCUT2D eigenvalue weighted by Gasteiger charge is -2.13. The van der Waals surface area contributed by atoms with Gasteiger partial charge in [-0.3, -0.25) is 4.79 Å². The molecule has 9 heteroatoms. The Hall–Kier alpha value is -3.49. The molecule has 2 rings (SSSR count). The summed E-state index contributed by atoms with van der Waals surface area (Å²) in [5, 5.41) is 13.8. The zero-order valence-corrected chi connectivity index (χ0v) is 15.6. The van der Waals surface area contributed by atoms with E-state index in [0.717, 1.165) is 0 Å². The highest BCUT2D eigenvalue weighted by Crippen LogP contribution is 2.38. The number of nitrogens with zero attached hydrogens (tertiary/aromatic N) is 1. The van der Waals surface area contributed by atoms with Crippen molar-refractivity contribution >= 4 is 11.6 Å². The van der Waals surface area contributed by atoms with Crippen LogP contribution in [0.25, 0.3) is 0 Å². The Morgan fingerprint density at radius 2 is 1.70 bits per heavy atom. The van der Waals surface area contributed by atoms with E-state index in [-0.39, 0.29) is 28.3 Å². The van der Waals surface area contributed by atoms with Crippen LogP contribution in [0.3, 0.4) is 0 Å². The predicted molar refractivity (Wildman–Crippen MR) is 97.2 cm³/mol. The van der Waals surface area contributed by atoms with E-state index < -0.39 is 11.5 Å². The summed E-state index contributed by atoms with van der Waals surface area (Å²) in [5.74, 6) is 0.351. The fourth-order valence-electron chi connectivity index (χ4n) is 2.40. The van der Waals surface area contributed by atoms with Crippen LogP contribution in [0.15, 0.2) is 32.5 Å². The first-order valence-corrected chi connectivity index (χ1v) is 7.81. The Kier molecular flexibility index (Phi) is 6.07. The molecule has 0 unspecified atom stereocenters. The number of carbonyl (C=O) groups excluding carboxylic acids is 1. The number of rotatable bonds is 6. The van der Waals surface area contributed by atoms with Gasteiger partial charge < -0.3 is 23.7 Å². The molecule has 0 bridgehead atoms. The molecule has 27 heavy (non-hydrogen) atoms. The highest BCUT2D eigenvalue weighted by Gasteiger charge is 2.18. The fourth-order valence-corrected chi connectivity index (χ4v) is 2.40. The number of aryl methyl sites for hydroxylation is 1. The number of hydrazone groups is 1. The van der Waals surface area contributed by atoms with E-state index in [0.29, 0.717) is 17.2 Å². The number of methoxy groups -OCH3 is 3. The number of aromatic hydroxyl groups is 1. The van der Waals surface area contributed by atoms with E-state index in [4.69, 9.17) is 18.6 Å². The van der Waals surface area contributed by atoms with Gasteiger partial charge in [0.25, 0.3) is 5.91 Å². The Balaban J connectivity index is 2.33. The smallest absolute Gasteiger partial charge is 0.348 e. The molecule has 0 aliphatic heterocycles. The van der Waals surface area contributed by atoms with Crippen LogP contribution in [0, 0.1) is 6.92 Å². The third kappa shape index (κ3) is 4.20. The van der Waals surface area contributed by atoms with Crippen LogP contribution in [-0.2, 0) is 0 Å². The van der Waals surface area contributed by atoms with E-state index >= 15 is 0 Å². The lowest BCUT2D eigenvalue weighted by atomic mass is 10.1. The number of hydrogen-bond acceptors (Lipinski definition) is 8. The third-order valence-electron chi connectivity index (χ3n) is 3.67. The second-order valence-corrected chi connectivity index (χ2v) is 5.46. The number of benzene rings is 1. The van der Waals surface area contributed by atoms with Crippen molar-refractivity contribution in [1.29, 1.82) is 0 Å². The first-order valence-electron chi connectivity index (χ1n) is 7.81. The molecule has 1 aromatic carbocycles. The standard InChI is InChI=1S/C18H20N2O7/c1-9-6-12(21)15(18(23)27-9)10(2)19-20-17(22)11-7-13(24-3)16(26-5)14(8-11)25-4/h6-8,21H,1-5H3,(H,20,22). The van der Waals surface area contributed by atoms with Crippen LogP contribution in [0.1, 0.15) is 28.6 Å². The van der Waals surface area contributed by atoms with Crippen molar-refractivity contribution in [2.75, 3.05) is 21.3 Å². The van der Waals surface area contributed by atoms with E-state index in [1.807, 2.05) is 0 Å². The molecule has 9 nitrogen and oxygen atoms in total. The molecular formula is C18H20N2O7. The van der Waals surface area contributed by atoms with Gasteiger partial charge in [-0.05, 0) is 26.0 Å². The van der Waals surface area contributed by atoms with Crippen molar-refractivity contribution in [2.24, 2.45) is 5.10 Å². The summed E-state index contributed by atoms with van der Waals surface area (Å²) < 4.78 is 20.5. The average molecular weight is 376 g/mol. The zero-order chi connectivity index (χ0) is 20.1. The van der Waals surface area contributed by atoms with Crippen molar-refractivity contribution in [2.45, 2.75) is 13.8 Å². The third-order valence-corrected chi connectivity index (χ3v) is 3.67. The van der Waals surface area contributed by atoms with Crippen LogP contribution in [0.4, 0.5) is 0 Å². The van der Waals surface area contributed by atoms with Crippen LogP contribution >= 0.6 is 0 Å². The average Bonchev–Trinajstić information content (AvgIpc) is 2.63. The Morgan fingerprint density at radius 1 is 1.11 bits per heavy atom. The van der Waals surface area contributed by atoms with Crippen molar-refractivity contribution in [3.05, 3.63) is 45.5 Å². The molecule has 0 saturated carbocycles. The maximum absolute atomic E-state index is 12.4. The summed E-state index contributed by atoms with van der Waals surface area (Å²) in [6.45, 7) is 2.99. The van der Waals surface area contributed by atoms with Crippen LogP contribution in [0.5, 0.6) is 23.0 Å². The van der Waals surface area contributed by atoms with Crippen molar-refractivity contribution in [3.63, 3.8) is 0 Å². The van der Waals surface area contributed by atoms with Gasteiger partial charge in [-0.15, -0.1) is 0 Å². The first-order chi connectivity index (χ1) is 12.8. The predicted octanol–water partition coefficient (Wildman–Crippen LogP) is 1.83. The van der Waals surface area contributed by atoms with E-state index in [1.54, 1.807) is 0 Å². The molecule has 2 N–H and O–H groups in total. The van der Waals surface area contributed by atoms with Gasteiger partial charge in [0.2, 0.25) is 5.75 Å². The largest absolute Gasteiger partial charge is 0.507 e. The summed E-state index contributed by atoms with van der Waals surface area (Å²) in [5.41, 5.74) is 1.71. The van der Waals surface area contributed by atoms with Gasteiger partial charge in [-0.2, -0.15) is 5.10 Å². The number of ether oxygens (including phenoxy) is 3. The van der Waals surface area contributed by atoms with E-state index in [1.165, 1.54) is 53.4 Å². The molecule has 0 radical (unpaired) electrons. The van der Waals surface area contributed by atoms with Gasteiger partial charge in [0.15, 0.2) is 11.5 Å². The summed E-state index contributed by atoms with van der Waals surface area (Å²) in [7, 11) is 4.31. The molecule has 1 aromatic heterocycles. The maximum Gasteiger partial charge on any atom is 0.348 e. The number of carbonyl (C=O) groups is 1. The summed E-state index contributed by atoms with van der Waals surface area (Å²) in [4.78, 5) is 24.3. The molecule has 0 spiro atoms. The zero-order valence-electron chi connectivity index (χ0n) is 15.6. The minimum atomic E-state index is -0.754. The van der Waals surface area contributed by atoms with Crippen LogP contribution in [0.2, 0.25) is 0 Å². The minimum absolute atomic E-state index is 0.0852. The maximum atomic E-state index is 12.4. The summed E-state index contributed by atoms with van der Waals surface area (Å²) in [6.07, 6.45) is 0. The fraction of sp³-hybridized carbons (Fsp3) is 0.278. The molecule has 0 aliphatic carbocycles. The Labute approximate surface area is 155 Å². The lowest BCUT2D eigenvalue weighted by molar-refractivity contribution is 0.0954. The van der Waals surface area contributed by atoms with Crippen molar-refractivity contribution in [3.8, 4) is 23.0 Å². The molecule has 0 atom stereocenters. The monoisotopic (exact) mass is 376 g/mol. The highest BCUT2D eigenvalue weighted by molar-refractivity contribution is 6.02. The van der Waals surface area contributed by atoms with E-state index in [2.05, 4.69) is 10.5 Å². The number of amides is 1. The van der Waals surface area contributed by atoms with Crippen LogP contribution < -0.4 is 25.3 Å². The van der Waals surface area contributed by atoms with E-state index in [9.17, 15) is 14.7 Å². The number of hydrogen-bond donors (Lipinski definition) is 2. The molecule has 0 fully saturated rings. The van der Waals surface area contributed by atoms with Crippen molar-refractivity contribution in [1.82, 2.24) is 5.43 Å². The number of nitrogens with one attached hydrogen (secondary N) is 1. The lowest BCUT2D eigenvalue weighted by Crippen LogP contribution is -2.22. The van der Waals surface area contributed by atoms with Crippen molar-refractivity contribution < 1.29 is 28.5 Å². The minimum Gasteiger partial charge on any atom is -0.507 e. The molecule has 1 heterocycles. The van der Waals surface area contributed by atoms with Gasteiger partial charge in [0.05, 0.1) is 27.0 Å². The first kappa shape index (κ1) is 19.8. The van der Waals surface area contributed by atoms with Gasteiger partial charge in [0.1, 0.15) is 17.1 Å². The Morgan fingerprint density at radius 3 is 2.19 bits per heavy atom. The second kappa shape index (κ2) is 8.26. The quantitative estimate of drug-likeness (QED) is 0.583. The molecule has 0 aliphatic rings. The normalized spacial score (nSPS) is 11.1. The Bertz CT molecular complexity index is 922. The molecular weight excluding hydrogens is 356 g/mol. The molecule has 2 aromatic rings. The molecule has 144 valence electrons.